The van der Waals surface area contributed by atoms with Gasteiger partial charge in [-0.25, -0.2) is 0 Å². The number of methoxy groups -OCH3 is 1. The molecule has 0 aromatic rings. The number of nitrogens with one attached hydrogen (secondary N) is 1. The highest BCUT2D eigenvalue weighted by atomic mass is 16.5. The Balaban J connectivity index is 1.65. The molecule has 33 heavy (non-hydrogen) atoms. The summed E-state index contributed by atoms with van der Waals surface area (Å²) >= 11 is 0. The zero-order valence-corrected chi connectivity index (χ0v) is 19.1. The predicted octanol–water partition coefficient (Wildman–Crippen LogP) is 3.08. The van der Waals surface area contributed by atoms with Crippen molar-refractivity contribution in [3.63, 3.8) is 0 Å². The number of fused-ring (bicyclic) bond motifs is 2. The normalized spacial score (nSPS) is 21.5. The summed E-state index contributed by atoms with van der Waals surface area (Å²) in [4.78, 5) is 37.8. The smallest absolute Gasteiger partial charge is 0.259 e. The predicted molar refractivity (Wildman–Crippen MR) is 128 cm³/mol. The fourth-order valence-corrected chi connectivity index (χ4v) is 4.73. The van der Waals surface area contributed by atoms with Crippen LogP contribution in [0.2, 0.25) is 0 Å². The number of carbonyl (C=O) groups is 2. The molecule has 0 saturated carbocycles. The minimum absolute atomic E-state index is 0.381. The van der Waals surface area contributed by atoms with Crippen molar-refractivity contribution in [2.75, 3.05) is 27.7 Å². The van der Waals surface area contributed by atoms with Crippen LogP contribution in [-0.2, 0) is 14.3 Å². The summed E-state index contributed by atoms with van der Waals surface area (Å²) < 4.78 is 5.47. The van der Waals surface area contributed by atoms with Crippen molar-refractivity contribution in [2.45, 2.75) is 25.7 Å². The number of hydrogen-bond acceptors (Lipinski definition) is 6. The van der Waals surface area contributed by atoms with Gasteiger partial charge in [0.25, 0.3) is 11.8 Å². The Morgan fingerprint density at radius 1 is 1.03 bits per heavy atom. The lowest BCUT2D eigenvalue weighted by molar-refractivity contribution is -0.124. The Bertz CT molecular complexity index is 1250. The van der Waals surface area contributed by atoms with E-state index in [2.05, 4.69) is 15.2 Å². The van der Waals surface area contributed by atoms with Crippen LogP contribution >= 0.6 is 0 Å². The number of allylic oxidation sites excluding steroid dienone is 8. The van der Waals surface area contributed by atoms with Crippen molar-refractivity contribution in [3.05, 3.63) is 81.5 Å². The van der Waals surface area contributed by atoms with Crippen molar-refractivity contribution in [1.29, 1.82) is 0 Å². The van der Waals surface area contributed by atoms with Crippen LogP contribution in [-0.4, -0.2) is 55.9 Å². The van der Waals surface area contributed by atoms with E-state index < -0.39 is 0 Å². The van der Waals surface area contributed by atoms with Crippen molar-refractivity contribution >= 4 is 23.2 Å². The molecule has 0 bridgehead atoms. The number of nitrogens with zero attached hydrogens (tertiary/aromatic N) is 3. The maximum absolute atomic E-state index is 13.2. The van der Waals surface area contributed by atoms with E-state index in [1.165, 1.54) is 0 Å². The van der Waals surface area contributed by atoms with Gasteiger partial charge in [0.1, 0.15) is 5.76 Å². The molecule has 3 heterocycles. The van der Waals surface area contributed by atoms with Gasteiger partial charge in [0, 0.05) is 47.0 Å². The molecule has 7 heteroatoms. The Labute approximate surface area is 193 Å². The first-order valence-corrected chi connectivity index (χ1v) is 11.1. The summed E-state index contributed by atoms with van der Waals surface area (Å²) in [5, 5.41) is 2.53. The number of carbonyl (C=O) groups excluding carboxylic acids is 2. The molecule has 0 spiro atoms. The van der Waals surface area contributed by atoms with Crippen molar-refractivity contribution in [2.24, 2.45) is 9.98 Å². The minimum atomic E-state index is -0.388. The molecule has 3 aliphatic heterocycles. The SMILES string of the molecule is COC1=CCC2=NC(CCCN(C)C)=C(C3=C(C4=CN=C5CC=CC=C45)C(=O)NC3=O)C2=C1. The van der Waals surface area contributed by atoms with E-state index in [9.17, 15) is 9.59 Å². The summed E-state index contributed by atoms with van der Waals surface area (Å²) in [6.45, 7) is 0.904. The molecular weight excluding hydrogens is 416 g/mol. The number of ether oxygens (including phenoxy) is 1. The second-order valence-electron chi connectivity index (χ2n) is 8.72. The summed E-state index contributed by atoms with van der Waals surface area (Å²) in [5.74, 6) is -0.0448. The van der Waals surface area contributed by atoms with Crippen molar-refractivity contribution in [3.8, 4) is 0 Å². The van der Waals surface area contributed by atoms with Crippen molar-refractivity contribution < 1.29 is 14.3 Å². The second kappa shape index (κ2) is 8.41. The first-order valence-electron chi connectivity index (χ1n) is 11.1. The maximum Gasteiger partial charge on any atom is 0.259 e. The molecule has 1 N–H and O–H groups in total. The van der Waals surface area contributed by atoms with Gasteiger partial charge in [-0.05, 0) is 45.6 Å². The van der Waals surface area contributed by atoms with Crippen molar-refractivity contribution in [1.82, 2.24) is 10.2 Å². The molecule has 168 valence electrons. The third-order valence-electron chi connectivity index (χ3n) is 6.29. The molecule has 2 aliphatic carbocycles. The van der Waals surface area contributed by atoms with Gasteiger partial charge in [-0.1, -0.05) is 18.2 Å². The highest BCUT2D eigenvalue weighted by Crippen LogP contribution is 2.43. The first kappa shape index (κ1) is 21.3. The second-order valence-corrected chi connectivity index (χ2v) is 8.72. The highest BCUT2D eigenvalue weighted by molar-refractivity contribution is 6.28. The van der Waals surface area contributed by atoms with E-state index in [4.69, 9.17) is 9.73 Å². The van der Waals surface area contributed by atoms with Crippen LogP contribution in [0.5, 0.6) is 0 Å². The van der Waals surface area contributed by atoms with E-state index in [0.29, 0.717) is 36.0 Å². The number of hydrogen-bond donors (Lipinski definition) is 1. The van der Waals surface area contributed by atoms with Gasteiger partial charge in [0.15, 0.2) is 0 Å². The Kier molecular flexibility index (Phi) is 5.42. The third-order valence-corrected chi connectivity index (χ3v) is 6.29. The lowest BCUT2D eigenvalue weighted by Crippen LogP contribution is -2.24. The highest BCUT2D eigenvalue weighted by Gasteiger charge is 2.41. The maximum atomic E-state index is 13.2. The standard InChI is InChI=1S/C26H26N4O3/c1-30(2)12-6-9-21-22(17-13-15(33-3)10-11-20(17)28-21)24-23(25(31)29-26(24)32)18-14-27-19-8-5-4-7-16(18)19/h4-5,7,10,13-14H,6,8-9,11-12H2,1-3H3,(H,29,31,32). The average molecular weight is 443 g/mol. The summed E-state index contributed by atoms with van der Waals surface area (Å²) in [6.07, 6.45) is 14.5. The molecule has 0 aromatic carbocycles. The van der Waals surface area contributed by atoms with E-state index in [-0.39, 0.29) is 11.8 Å². The van der Waals surface area contributed by atoms with Crippen LogP contribution in [0.25, 0.3) is 0 Å². The van der Waals surface area contributed by atoms with Gasteiger partial charge in [0.05, 0.1) is 29.7 Å². The molecule has 0 saturated heterocycles. The zero-order chi connectivity index (χ0) is 23.1. The van der Waals surface area contributed by atoms with E-state index in [1.807, 2.05) is 44.5 Å². The number of rotatable bonds is 7. The summed E-state index contributed by atoms with van der Waals surface area (Å²) in [5.41, 5.74) is 6.64. The number of amides is 2. The molecule has 0 aromatic heterocycles. The monoisotopic (exact) mass is 442 g/mol. The molecular formula is C26H26N4O3. The minimum Gasteiger partial charge on any atom is -0.497 e. The lowest BCUT2D eigenvalue weighted by Gasteiger charge is -2.16. The van der Waals surface area contributed by atoms with Gasteiger partial charge < -0.3 is 9.64 Å². The molecule has 2 amide bonds. The molecule has 5 aliphatic rings. The van der Waals surface area contributed by atoms with Crippen LogP contribution in [0.3, 0.4) is 0 Å². The average Bonchev–Trinajstić information content (AvgIpc) is 3.45. The third kappa shape index (κ3) is 3.68. The summed E-state index contributed by atoms with van der Waals surface area (Å²) in [6, 6.07) is 0. The van der Waals surface area contributed by atoms with Gasteiger partial charge in [-0.3, -0.25) is 24.9 Å². The van der Waals surface area contributed by atoms with Crippen LogP contribution in [0.1, 0.15) is 25.7 Å². The van der Waals surface area contributed by atoms with Crippen LogP contribution in [0.4, 0.5) is 0 Å². The zero-order valence-electron chi connectivity index (χ0n) is 19.1. The number of aliphatic imine (C=N–C) groups is 2. The topological polar surface area (TPSA) is 83.4 Å². The van der Waals surface area contributed by atoms with Gasteiger partial charge in [0.2, 0.25) is 0 Å². The Morgan fingerprint density at radius 2 is 1.85 bits per heavy atom. The molecule has 0 radical (unpaired) electrons. The number of imide groups is 1. The largest absolute Gasteiger partial charge is 0.497 e. The van der Waals surface area contributed by atoms with Crippen LogP contribution < -0.4 is 5.32 Å². The Morgan fingerprint density at radius 3 is 2.64 bits per heavy atom. The fourth-order valence-electron chi connectivity index (χ4n) is 4.73. The Hall–Kier alpha value is -3.58. The van der Waals surface area contributed by atoms with Gasteiger partial charge >= 0.3 is 0 Å². The molecule has 0 fully saturated rings. The molecule has 5 rings (SSSR count). The van der Waals surface area contributed by atoms with E-state index in [0.717, 1.165) is 52.6 Å². The van der Waals surface area contributed by atoms with Gasteiger partial charge in [-0.15, -0.1) is 0 Å². The quantitative estimate of drug-likeness (QED) is 0.615. The molecule has 0 atom stereocenters. The molecule has 0 unspecified atom stereocenters. The lowest BCUT2D eigenvalue weighted by atomic mass is 9.84. The van der Waals surface area contributed by atoms with E-state index in [1.54, 1.807) is 13.3 Å². The molecule has 7 nitrogen and oxygen atoms in total. The summed E-state index contributed by atoms with van der Waals surface area (Å²) in [7, 11) is 5.70. The van der Waals surface area contributed by atoms with Crippen LogP contribution in [0, 0.1) is 0 Å². The van der Waals surface area contributed by atoms with Gasteiger partial charge in [-0.2, -0.15) is 0 Å². The van der Waals surface area contributed by atoms with Crippen LogP contribution in [0.15, 0.2) is 91.5 Å². The first-order chi connectivity index (χ1) is 16.0. The van der Waals surface area contributed by atoms with E-state index >= 15 is 0 Å². The fraction of sp³-hybridized carbons (Fsp3) is 0.308.